The van der Waals surface area contributed by atoms with E-state index in [-0.39, 0.29) is 12.0 Å². The first-order chi connectivity index (χ1) is 11.2. The number of nitrogens with one attached hydrogen (secondary N) is 1. The molecule has 5 nitrogen and oxygen atoms in total. The van der Waals surface area contributed by atoms with Gasteiger partial charge in [0.25, 0.3) is 5.91 Å². The Balaban J connectivity index is 1.70. The third kappa shape index (κ3) is 3.71. The van der Waals surface area contributed by atoms with E-state index in [1.165, 1.54) is 11.3 Å². The second kappa shape index (κ2) is 7.10. The highest BCUT2D eigenvalue weighted by atomic mass is 32.1. The molecule has 0 saturated carbocycles. The van der Waals surface area contributed by atoms with Crippen LogP contribution in [0.15, 0.2) is 24.3 Å². The average molecular weight is 332 g/mol. The van der Waals surface area contributed by atoms with Crippen LogP contribution in [0.25, 0.3) is 10.6 Å². The van der Waals surface area contributed by atoms with Crippen LogP contribution in [0.2, 0.25) is 0 Å². The zero-order chi connectivity index (χ0) is 16.2. The first-order valence-corrected chi connectivity index (χ1v) is 8.50. The number of aromatic nitrogens is 1. The predicted octanol–water partition coefficient (Wildman–Crippen LogP) is 3.04. The molecule has 23 heavy (non-hydrogen) atoms. The normalized spacial score (nSPS) is 17.2. The molecule has 2 aromatic rings. The van der Waals surface area contributed by atoms with Gasteiger partial charge < -0.3 is 14.8 Å². The zero-order valence-electron chi connectivity index (χ0n) is 13.3. The summed E-state index contributed by atoms with van der Waals surface area (Å²) in [5.41, 5.74) is 1.48. The van der Waals surface area contributed by atoms with Crippen molar-refractivity contribution in [2.75, 3.05) is 20.3 Å². The van der Waals surface area contributed by atoms with E-state index >= 15 is 0 Å². The van der Waals surface area contributed by atoms with Crippen molar-refractivity contribution in [3.63, 3.8) is 0 Å². The average Bonchev–Trinajstić information content (AvgIpc) is 3.22. The molecule has 1 aliphatic rings. The Hall–Kier alpha value is -1.92. The number of carbonyl (C=O) groups excluding carboxylic acids is 1. The third-order valence-electron chi connectivity index (χ3n) is 3.86. The largest absolute Gasteiger partial charge is 0.497 e. The molecule has 122 valence electrons. The topological polar surface area (TPSA) is 60.5 Å². The number of hydrogen-bond donors (Lipinski definition) is 1. The Morgan fingerprint density at radius 2 is 2.22 bits per heavy atom. The van der Waals surface area contributed by atoms with Crippen molar-refractivity contribution >= 4 is 17.2 Å². The van der Waals surface area contributed by atoms with Crippen LogP contribution in [0.5, 0.6) is 5.75 Å². The van der Waals surface area contributed by atoms with Crippen LogP contribution in [-0.4, -0.2) is 37.3 Å². The van der Waals surface area contributed by atoms with Gasteiger partial charge in [-0.25, -0.2) is 4.98 Å². The lowest BCUT2D eigenvalue weighted by Gasteiger charge is -2.09. The fraction of sp³-hybridized carbons (Fsp3) is 0.412. The molecule has 6 heteroatoms. The number of methoxy groups -OCH3 is 1. The molecular formula is C17H20N2O3S. The standard InChI is InChI=1S/C17H20N2O3S/c1-11-15(16(20)18-10-14-4-3-9-22-14)19-17(23-11)12-5-7-13(21-2)8-6-12/h5-8,14H,3-4,9-10H2,1-2H3,(H,18,20)/t14-/m1/s1. The first kappa shape index (κ1) is 16.0. The van der Waals surface area contributed by atoms with Crippen molar-refractivity contribution in [3.8, 4) is 16.3 Å². The maximum absolute atomic E-state index is 12.3. The minimum atomic E-state index is -0.131. The Bertz CT molecular complexity index is 676. The molecule has 0 radical (unpaired) electrons. The fourth-order valence-corrected chi connectivity index (χ4v) is 3.48. The Morgan fingerprint density at radius 1 is 1.43 bits per heavy atom. The molecule has 0 spiro atoms. The number of ether oxygens (including phenoxy) is 2. The summed E-state index contributed by atoms with van der Waals surface area (Å²) < 4.78 is 10.7. The summed E-state index contributed by atoms with van der Waals surface area (Å²) in [5, 5.41) is 3.77. The second-order valence-electron chi connectivity index (χ2n) is 5.50. The van der Waals surface area contributed by atoms with Gasteiger partial charge in [0.15, 0.2) is 0 Å². The van der Waals surface area contributed by atoms with Crippen molar-refractivity contribution in [2.45, 2.75) is 25.9 Å². The molecule has 0 bridgehead atoms. The molecular weight excluding hydrogens is 312 g/mol. The summed E-state index contributed by atoms with van der Waals surface area (Å²) in [6.45, 7) is 3.26. The molecule has 2 heterocycles. The van der Waals surface area contributed by atoms with Crippen LogP contribution in [0.3, 0.4) is 0 Å². The molecule has 1 aromatic carbocycles. The van der Waals surface area contributed by atoms with Gasteiger partial charge in [0.2, 0.25) is 0 Å². The van der Waals surface area contributed by atoms with E-state index in [1.54, 1.807) is 7.11 Å². The van der Waals surface area contributed by atoms with Gasteiger partial charge in [0, 0.05) is 23.6 Å². The highest BCUT2D eigenvalue weighted by Crippen LogP contribution is 2.29. The molecule has 1 atom stereocenters. The molecule has 1 fully saturated rings. The van der Waals surface area contributed by atoms with E-state index in [1.807, 2.05) is 31.2 Å². The van der Waals surface area contributed by atoms with Gasteiger partial charge in [-0.05, 0) is 44.0 Å². The number of rotatable bonds is 5. The highest BCUT2D eigenvalue weighted by Gasteiger charge is 2.20. The van der Waals surface area contributed by atoms with Gasteiger partial charge in [-0.1, -0.05) is 0 Å². The first-order valence-electron chi connectivity index (χ1n) is 7.69. The number of benzene rings is 1. The smallest absolute Gasteiger partial charge is 0.271 e. The molecule has 1 aliphatic heterocycles. The van der Waals surface area contributed by atoms with Crippen LogP contribution < -0.4 is 10.1 Å². The summed E-state index contributed by atoms with van der Waals surface area (Å²) in [4.78, 5) is 17.7. The maximum atomic E-state index is 12.3. The van der Waals surface area contributed by atoms with Crippen molar-refractivity contribution in [1.82, 2.24) is 10.3 Å². The van der Waals surface area contributed by atoms with Crippen LogP contribution in [0, 0.1) is 6.92 Å². The minimum absolute atomic E-state index is 0.131. The number of hydrogen-bond acceptors (Lipinski definition) is 5. The molecule has 3 rings (SSSR count). The van der Waals surface area contributed by atoms with Crippen molar-refractivity contribution in [1.29, 1.82) is 0 Å². The van der Waals surface area contributed by atoms with Crippen LogP contribution in [0.1, 0.15) is 28.2 Å². The monoisotopic (exact) mass is 332 g/mol. The van der Waals surface area contributed by atoms with Gasteiger partial charge in [0.1, 0.15) is 16.5 Å². The van der Waals surface area contributed by atoms with Crippen molar-refractivity contribution < 1.29 is 14.3 Å². The van der Waals surface area contributed by atoms with Gasteiger partial charge in [-0.2, -0.15) is 0 Å². The Kier molecular flexibility index (Phi) is 4.93. The number of aryl methyl sites for hydroxylation is 1. The molecule has 1 saturated heterocycles. The van der Waals surface area contributed by atoms with Gasteiger partial charge in [0.05, 0.1) is 13.2 Å². The minimum Gasteiger partial charge on any atom is -0.497 e. The zero-order valence-corrected chi connectivity index (χ0v) is 14.1. The summed E-state index contributed by atoms with van der Waals surface area (Å²) in [6, 6.07) is 7.68. The molecule has 1 N–H and O–H groups in total. The number of thiazole rings is 1. The van der Waals surface area contributed by atoms with Crippen LogP contribution in [-0.2, 0) is 4.74 Å². The summed E-state index contributed by atoms with van der Waals surface area (Å²) >= 11 is 1.52. The maximum Gasteiger partial charge on any atom is 0.271 e. The summed E-state index contributed by atoms with van der Waals surface area (Å²) in [5.74, 6) is 0.672. The lowest BCUT2D eigenvalue weighted by molar-refractivity contribution is 0.0854. The summed E-state index contributed by atoms with van der Waals surface area (Å²) in [6.07, 6.45) is 2.21. The Morgan fingerprint density at radius 3 is 2.87 bits per heavy atom. The van der Waals surface area contributed by atoms with E-state index < -0.39 is 0 Å². The SMILES string of the molecule is COc1ccc(-c2nc(C(=O)NC[C@H]3CCCO3)c(C)s2)cc1. The van der Waals surface area contributed by atoms with Crippen LogP contribution >= 0.6 is 11.3 Å². The van der Waals surface area contributed by atoms with Gasteiger partial charge in [-0.15, -0.1) is 11.3 Å². The highest BCUT2D eigenvalue weighted by molar-refractivity contribution is 7.15. The second-order valence-corrected chi connectivity index (χ2v) is 6.70. The lowest BCUT2D eigenvalue weighted by Crippen LogP contribution is -2.32. The fourth-order valence-electron chi connectivity index (χ4n) is 2.56. The number of amides is 1. The van der Waals surface area contributed by atoms with E-state index in [9.17, 15) is 4.79 Å². The van der Waals surface area contributed by atoms with E-state index in [2.05, 4.69) is 10.3 Å². The van der Waals surface area contributed by atoms with Gasteiger partial charge >= 0.3 is 0 Å². The molecule has 1 amide bonds. The van der Waals surface area contributed by atoms with Gasteiger partial charge in [-0.3, -0.25) is 4.79 Å². The summed E-state index contributed by atoms with van der Waals surface area (Å²) in [7, 11) is 1.64. The molecule has 0 unspecified atom stereocenters. The van der Waals surface area contributed by atoms with Crippen molar-refractivity contribution in [2.24, 2.45) is 0 Å². The third-order valence-corrected chi connectivity index (χ3v) is 4.88. The molecule has 1 aromatic heterocycles. The Labute approximate surface area is 139 Å². The predicted molar refractivity (Wildman–Crippen MR) is 90.1 cm³/mol. The van der Waals surface area contributed by atoms with Crippen molar-refractivity contribution in [3.05, 3.63) is 34.8 Å². The van der Waals surface area contributed by atoms with E-state index in [0.29, 0.717) is 12.2 Å². The quantitative estimate of drug-likeness (QED) is 0.914. The number of carbonyl (C=O) groups is 1. The molecule has 0 aliphatic carbocycles. The van der Waals surface area contributed by atoms with E-state index in [0.717, 1.165) is 40.6 Å². The van der Waals surface area contributed by atoms with E-state index in [4.69, 9.17) is 9.47 Å². The van der Waals surface area contributed by atoms with Crippen LogP contribution in [0.4, 0.5) is 0 Å². The lowest BCUT2D eigenvalue weighted by atomic mass is 10.2. The number of nitrogens with zero attached hydrogens (tertiary/aromatic N) is 1.